The van der Waals surface area contributed by atoms with Gasteiger partial charge in [0.05, 0.1) is 5.56 Å². The van der Waals surface area contributed by atoms with E-state index in [9.17, 15) is 13.8 Å². The maximum absolute atomic E-state index is 12.5. The van der Waals surface area contributed by atoms with Crippen LogP contribution in [0.3, 0.4) is 0 Å². The van der Waals surface area contributed by atoms with Gasteiger partial charge in [0, 0.05) is 22.2 Å². The molecule has 0 aliphatic carbocycles. The molecule has 0 saturated carbocycles. The predicted molar refractivity (Wildman–Crippen MR) is 113 cm³/mol. The molecule has 0 saturated heterocycles. The van der Waals surface area contributed by atoms with Crippen LogP contribution in [0.15, 0.2) is 42.5 Å². The summed E-state index contributed by atoms with van der Waals surface area (Å²) in [6, 6.07) is 12.2. The van der Waals surface area contributed by atoms with Crippen LogP contribution in [0.1, 0.15) is 66.6 Å². The summed E-state index contributed by atoms with van der Waals surface area (Å²) in [7, 11) is -1.39. The minimum Gasteiger partial charge on any atom is -0.478 e. The van der Waals surface area contributed by atoms with Crippen LogP contribution in [0.25, 0.3) is 0 Å². The summed E-state index contributed by atoms with van der Waals surface area (Å²) in [4.78, 5) is 23.4. The molecular weight excluding hydrogens is 374 g/mol. The average molecular weight is 402 g/mol. The molecule has 150 valence electrons. The minimum absolute atomic E-state index is 0.107. The maximum Gasteiger partial charge on any atom is 0.335 e. The Morgan fingerprint density at radius 1 is 0.964 bits per heavy atom. The van der Waals surface area contributed by atoms with Gasteiger partial charge in [0.1, 0.15) is 5.75 Å². The smallest absolute Gasteiger partial charge is 0.335 e. The van der Waals surface area contributed by atoms with Crippen LogP contribution in [-0.4, -0.2) is 26.9 Å². The molecule has 0 spiro atoms. The molecule has 2 aromatic rings. The van der Waals surface area contributed by atoms with E-state index in [2.05, 4.69) is 33.0 Å². The Labute approximate surface area is 168 Å². The van der Waals surface area contributed by atoms with Crippen LogP contribution in [0.2, 0.25) is 0 Å². The van der Waals surface area contributed by atoms with E-state index in [1.54, 1.807) is 12.1 Å². The van der Waals surface area contributed by atoms with E-state index in [-0.39, 0.29) is 34.8 Å². The van der Waals surface area contributed by atoms with Crippen LogP contribution < -0.4 is 5.32 Å². The standard InChI is InChI=1S/C22H27NO4S/c1-14(2)18-6-5-7-19(15(3)4)21(18)23-20(24)13-28(27)12-16-8-10-17(11-9-16)22(25)26/h5-11,14-15H,12-13H2,1-4H3,(H,23,24)(H,25,26). The molecule has 1 unspecified atom stereocenters. The lowest BCUT2D eigenvalue weighted by atomic mass is 9.92. The lowest BCUT2D eigenvalue weighted by Crippen LogP contribution is -2.22. The molecule has 2 N–H and O–H groups in total. The van der Waals surface area contributed by atoms with E-state index in [4.69, 9.17) is 5.11 Å². The highest BCUT2D eigenvalue weighted by Gasteiger charge is 2.17. The number of carbonyl (C=O) groups excluding carboxylic acids is 1. The third-order valence-electron chi connectivity index (χ3n) is 4.46. The second-order valence-electron chi connectivity index (χ2n) is 7.40. The Morgan fingerprint density at radius 3 is 1.96 bits per heavy atom. The molecule has 6 heteroatoms. The summed E-state index contributed by atoms with van der Waals surface area (Å²) >= 11 is 0. The van der Waals surface area contributed by atoms with Gasteiger partial charge in [0.2, 0.25) is 5.91 Å². The number of aromatic carboxylic acids is 1. The van der Waals surface area contributed by atoms with Crippen LogP contribution in [0.4, 0.5) is 5.69 Å². The monoisotopic (exact) mass is 401 g/mol. The van der Waals surface area contributed by atoms with Crippen molar-refractivity contribution in [3.63, 3.8) is 0 Å². The van der Waals surface area contributed by atoms with Crippen molar-refractivity contribution in [2.45, 2.75) is 45.3 Å². The minimum atomic E-state index is -1.39. The first-order valence-corrected chi connectivity index (χ1v) is 10.8. The van der Waals surface area contributed by atoms with Gasteiger partial charge < -0.3 is 10.4 Å². The number of hydrogen-bond donors (Lipinski definition) is 2. The van der Waals surface area contributed by atoms with Crippen molar-refractivity contribution >= 4 is 28.4 Å². The second kappa shape index (κ2) is 9.64. The van der Waals surface area contributed by atoms with Gasteiger partial charge in [-0.2, -0.15) is 0 Å². The second-order valence-corrected chi connectivity index (χ2v) is 8.86. The van der Waals surface area contributed by atoms with Crippen LogP contribution in [0, 0.1) is 0 Å². The molecule has 0 bridgehead atoms. The number of carbonyl (C=O) groups is 2. The summed E-state index contributed by atoms with van der Waals surface area (Å²) in [5, 5.41) is 11.9. The third kappa shape index (κ3) is 5.76. The first kappa shape index (κ1) is 21.8. The van der Waals surface area contributed by atoms with E-state index in [0.717, 1.165) is 22.4 Å². The number of nitrogens with one attached hydrogen (secondary N) is 1. The number of benzene rings is 2. The van der Waals surface area contributed by atoms with Gasteiger partial charge >= 0.3 is 5.97 Å². The Kier molecular flexibility index (Phi) is 7.52. The van der Waals surface area contributed by atoms with Crippen molar-refractivity contribution in [2.24, 2.45) is 0 Å². The molecule has 0 radical (unpaired) electrons. The molecule has 0 aliphatic rings. The SMILES string of the molecule is CC(C)c1cccc(C(C)C)c1NC(=O)CS(=O)Cc1ccc(C(=O)O)cc1. The van der Waals surface area contributed by atoms with Crippen LogP contribution in [0.5, 0.6) is 0 Å². The fraction of sp³-hybridized carbons (Fsp3) is 0.364. The Hall–Kier alpha value is -2.47. The lowest BCUT2D eigenvalue weighted by molar-refractivity contribution is -0.113. The zero-order chi connectivity index (χ0) is 20.8. The number of rotatable bonds is 8. The van der Waals surface area contributed by atoms with Crippen molar-refractivity contribution < 1.29 is 18.9 Å². The molecule has 0 aromatic heterocycles. The molecule has 2 aromatic carbocycles. The van der Waals surface area contributed by atoms with E-state index in [1.165, 1.54) is 12.1 Å². The highest BCUT2D eigenvalue weighted by atomic mass is 32.2. The highest BCUT2D eigenvalue weighted by molar-refractivity contribution is 7.84. The molecule has 0 heterocycles. The lowest BCUT2D eigenvalue weighted by Gasteiger charge is -2.20. The normalized spacial score (nSPS) is 12.2. The number of para-hydroxylation sites is 1. The van der Waals surface area contributed by atoms with Gasteiger partial charge in [-0.15, -0.1) is 0 Å². The summed E-state index contributed by atoms with van der Waals surface area (Å²) in [6.45, 7) is 8.31. The molecule has 5 nitrogen and oxygen atoms in total. The molecule has 28 heavy (non-hydrogen) atoms. The van der Waals surface area contributed by atoms with Crippen molar-refractivity contribution in [3.05, 3.63) is 64.7 Å². The van der Waals surface area contributed by atoms with Crippen molar-refractivity contribution in [2.75, 3.05) is 11.1 Å². The molecule has 0 aliphatic heterocycles. The summed E-state index contributed by atoms with van der Waals surface area (Å²) in [5.74, 6) is -0.673. The number of hydrogen-bond acceptors (Lipinski definition) is 3. The molecule has 1 amide bonds. The Morgan fingerprint density at radius 2 is 1.50 bits per heavy atom. The van der Waals surface area contributed by atoms with Crippen molar-refractivity contribution in [3.8, 4) is 0 Å². The molecular formula is C22H27NO4S. The summed E-state index contributed by atoms with van der Waals surface area (Å²) in [5.41, 5.74) is 3.87. The zero-order valence-electron chi connectivity index (χ0n) is 16.7. The van der Waals surface area contributed by atoms with E-state index < -0.39 is 16.8 Å². The van der Waals surface area contributed by atoms with Gasteiger partial charge in [0.25, 0.3) is 0 Å². The quantitative estimate of drug-likeness (QED) is 0.681. The number of carboxylic acids is 1. The molecule has 0 fully saturated rings. The first-order chi connectivity index (χ1) is 13.2. The van der Waals surface area contributed by atoms with Gasteiger partial charge in [-0.05, 0) is 40.7 Å². The van der Waals surface area contributed by atoms with E-state index >= 15 is 0 Å². The molecule has 2 rings (SSSR count). The van der Waals surface area contributed by atoms with E-state index in [1.807, 2.05) is 18.2 Å². The summed E-state index contributed by atoms with van der Waals surface area (Å²) < 4.78 is 12.4. The van der Waals surface area contributed by atoms with E-state index in [0.29, 0.717) is 0 Å². The van der Waals surface area contributed by atoms with Gasteiger partial charge in [0.15, 0.2) is 0 Å². The van der Waals surface area contributed by atoms with Gasteiger partial charge in [-0.1, -0.05) is 58.0 Å². The zero-order valence-corrected chi connectivity index (χ0v) is 17.5. The van der Waals surface area contributed by atoms with Gasteiger partial charge in [-0.3, -0.25) is 9.00 Å². The predicted octanol–water partition coefficient (Wildman–Crippen LogP) is 4.52. The Balaban J connectivity index is 2.07. The van der Waals surface area contributed by atoms with Crippen molar-refractivity contribution in [1.82, 2.24) is 0 Å². The number of amides is 1. The average Bonchev–Trinajstić information content (AvgIpc) is 2.61. The highest BCUT2D eigenvalue weighted by Crippen LogP contribution is 2.32. The van der Waals surface area contributed by atoms with Crippen molar-refractivity contribution in [1.29, 1.82) is 0 Å². The third-order valence-corrected chi connectivity index (χ3v) is 5.70. The summed E-state index contributed by atoms with van der Waals surface area (Å²) in [6.07, 6.45) is 0. The first-order valence-electron chi connectivity index (χ1n) is 9.29. The van der Waals surface area contributed by atoms with Crippen LogP contribution in [-0.2, 0) is 21.3 Å². The maximum atomic E-state index is 12.5. The number of carboxylic acid groups (broad SMARTS) is 1. The van der Waals surface area contributed by atoms with Gasteiger partial charge in [-0.25, -0.2) is 4.79 Å². The van der Waals surface area contributed by atoms with Crippen LogP contribution >= 0.6 is 0 Å². The topological polar surface area (TPSA) is 83.5 Å². The Bertz CT molecular complexity index is 846. The molecule has 1 atom stereocenters. The number of anilines is 1. The largest absolute Gasteiger partial charge is 0.478 e. The fourth-order valence-electron chi connectivity index (χ4n) is 3.00. The fourth-order valence-corrected chi connectivity index (χ4v) is 4.03.